The second-order valence-corrected chi connectivity index (χ2v) is 2.89. The molecule has 12 heavy (non-hydrogen) atoms. The van der Waals surface area contributed by atoms with Gasteiger partial charge in [0.15, 0.2) is 0 Å². The van der Waals surface area contributed by atoms with E-state index in [1.165, 1.54) is 4.90 Å². The smallest absolute Gasteiger partial charge is 0.314 e. The molecule has 0 aromatic rings. The minimum absolute atomic E-state index is 0.0251. The molecule has 1 aliphatic heterocycles. The van der Waals surface area contributed by atoms with Crippen LogP contribution in [0.15, 0.2) is 0 Å². The van der Waals surface area contributed by atoms with E-state index in [9.17, 15) is 13.2 Å². The van der Waals surface area contributed by atoms with Crippen LogP contribution < -0.4 is 5.32 Å². The first-order valence-corrected chi connectivity index (χ1v) is 4.07. The molecule has 1 aliphatic rings. The third-order valence-electron chi connectivity index (χ3n) is 2.14. The molecule has 0 aromatic carbocycles. The van der Waals surface area contributed by atoms with Crippen molar-refractivity contribution in [2.45, 2.75) is 19.1 Å². The van der Waals surface area contributed by atoms with Gasteiger partial charge in [0.2, 0.25) is 0 Å². The van der Waals surface area contributed by atoms with Crippen molar-refractivity contribution in [2.24, 2.45) is 0 Å². The molecular weight excluding hydrogens is 169 g/mol. The Morgan fingerprint density at radius 1 is 1.50 bits per heavy atom. The minimum Gasteiger partial charge on any atom is -0.314 e. The van der Waals surface area contributed by atoms with Crippen molar-refractivity contribution in [2.75, 3.05) is 26.2 Å². The number of alkyl halides is 3. The van der Waals surface area contributed by atoms with E-state index in [-0.39, 0.29) is 6.54 Å². The van der Waals surface area contributed by atoms with Gasteiger partial charge in [0.25, 0.3) is 0 Å². The van der Waals surface area contributed by atoms with Crippen LogP contribution >= 0.6 is 0 Å². The highest BCUT2D eigenvalue weighted by atomic mass is 19.4. The largest absolute Gasteiger partial charge is 0.405 e. The topological polar surface area (TPSA) is 15.3 Å². The van der Waals surface area contributed by atoms with Gasteiger partial charge in [-0.25, -0.2) is 0 Å². The SMILES string of the molecule is CCN1CCNCC1C(F)(F)F. The number of hydrogen-bond donors (Lipinski definition) is 1. The van der Waals surface area contributed by atoms with Crippen LogP contribution in [0, 0.1) is 0 Å². The lowest BCUT2D eigenvalue weighted by atomic mass is 10.2. The molecule has 0 aromatic heterocycles. The van der Waals surface area contributed by atoms with E-state index in [0.717, 1.165) is 0 Å². The molecule has 72 valence electrons. The van der Waals surface area contributed by atoms with Crippen molar-refractivity contribution in [1.82, 2.24) is 10.2 Å². The quantitative estimate of drug-likeness (QED) is 0.646. The Hall–Kier alpha value is -0.290. The maximum absolute atomic E-state index is 12.3. The van der Waals surface area contributed by atoms with Crippen molar-refractivity contribution in [3.05, 3.63) is 0 Å². The maximum Gasteiger partial charge on any atom is 0.405 e. The fourth-order valence-corrected chi connectivity index (χ4v) is 1.45. The Labute approximate surface area is 69.7 Å². The predicted molar refractivity (Wildman–Crippen MR) is 40.0 cm³/mol. The molecule has 0 bridgehead atoms. The number of piperazine rings is 1. The normalized spacial score (nSPS) is 27.5. The first-order chi connectivity index (χ1) is 5.55. The van der Waals surface area contributed by atoms with Gasteiger partial charge in [0.1, 0.15) is 6.04 Å². The summed E-state index contributed by atoms with van der Waals surface area (Å²) in [6, 6.07) is -1.30. The van der Waals surface area contributed by atoms with Crippen LogP contribution in [-0.2, 0) is 0 Å². The standard InChI is InChI=1S/C7H13F3N2/c1-2-12-4-3-11-5-6(12)7(8,9)10/h6,11H,2-5H2,1H3. The Kier molecular flexibility index (Phi) is 2.95. The zero-order chi connectivity index (χ0) is 9.19. The first-order valence-electron chi connectivity index (χ1n) is 4.07. The third kappa shape index (κ3) is 2.10. The average molecular weight is 182 g/mol. The van der Waals surface area contributed by atoms with Gasteiger partial charge >= 0.3 is 6.18 Å². The van der Waals surface area contributed by atoms with Gasteiger partial charge in [-0.2, -0.15) is 13.2 Å². The summed E-state index contributed by atoms with van der Waals surface area (Å²) in [6.45, 7) is 3.38. The average Bonchev–Trinajstić information content (AvgIpc) is 2.03. The molecule has 0 radical (unpaired) electrons. The Bertz CT molecular complexity index is 146. The molecule has 1 fully saturated rings. The van der Waals surface area contributed by atoms with E-state index < -0.39 is 12.2 Å². The second kappa shape index (κ2) is 3.62. The fourth-order valence-electron chi connectivity index (χ4n) is 1.45. The molecule has 0 saturated carbocycles. The van der Waals surface area contributed by atoms with E-state index in [4.69, 9.17) is 0 Å². The van der Waals surface area contributed by atoms with Gasteiger partial charge in [-0.05, 0) is 6.54 Å². The van der Waals surface area contributed by atoms with E-state index in [0.29, 0.717) is 19.6 Å². The monoisotopic (exact) mass is 182 g/mol. The van der Waals surface area contributed by atoms with Crippen molar-refractivity contribution < 1.29 is 13.2 Å². The molecular formula is C7H13F3N2. The van der Waals surface area contributed by atoms with Crippen molar-refractivity contribution >= 4 is 0 Å². The molecule has 5 heteroatoms. The van der Waals surface area contributed by atoms with Gasteiger partial charge in [0.05, 0.1) is 0 Å². The maximum atomic E-state index is 12.3. The molecule has 0 spiro atoms. The summed E-state index contributed by atoms with van der Waals surface area (Å²) in [7, 11) is 0. The highest BCUT2D eigenvalue weighted by Gasteiger charge is 2.43. The zero-order valence-electron chi connectivity index (χ0n) is 6.99. The molecule has 1 heterocycles. The van der Waals surface area contributed by atoms with E-state index >= 15 is 0 Å². The first kappa shape index (κ1) is 9.80. The summed E-state index contributed by atoms with van der Waals surface area (Å²) in [6.07, 6.45) is -4.09. The van der Waals surface area contributed by atoms with Gasteiger partial charge < -0.3 is 5.32 Å². The van der Waals surface area contributed by atoms with Crippen LogP contribution in [0.2, 0.25) is 0 Å². The van der Waals surface area contributed by atoms with E-state index in [1.807, 2.05) is 0 Å². The van der Waals surface area contributed by atoms with Crippen LogP contribution in [0.3, 0.4) is 0 Å². The van der Waals surface area contributed by atoms with E-state index in [1.54, 1.807) is 6.92 Å². The Morgan fingerprint density at radius 3 is 2.58 bits per heavy atom. The molecule has 1 unspecified atom stereocenters. The molecule has 2 nitrogen and oxygen atoms in total. The van der Waals surface area contributed by atoms with Gasteiger partial charge in [-0.15, -0.1) is 0 Å². The van der Waals surface area contributed by atoms with Crippen molar-refractivity contribution in [3.8, 4) is 0 Å². The summed E-state index contributed by atoms with van der Waals surface area (Å²) in [5.41, 5.74) is 0. The Balaban J connectivity index is 2.59. The summed E-state index contributed by atoms with van der Waals surface area (Å²) in [5.74, 6) is 0. The second-order valence-electron chi connectivity index (χ2n) is 2.89. The zero-order valence-corrected chi connectivity index (χ0v) is 6.99. The predicted octanol–water partition coefficient (Wildman–Crippen LogP) is 0.842. The van der Waals surface area contributed by atoms with Gasteiger partial charge in [-0.3, -0.25) is 4.90 Å². The summed E-state index contributed by atoms with van der Waals surface area (Å²) in [5, 5.41) is 2.74. The third-order valence-corrected chi connectivity index (χ3v) is 2.14. The lowest BCUT2D eigenvalue weighted by Gasteiger charge is -2.36. The highest BCUT2D eigenvalue weighted by molar-refractivity contribution is 4.84. The van der Waals surface area contributed by atoms with E-state index in [2.05, 4.69) is 5.32 Å². The van der Waals surface area contributed by atoms with Crippen LogP contribution in [0.4, 0.5) is 13.2 Å². The fraction of sp³-hybridized carbons (Fsp3) is 1.00. The molecule has 1 atom stereocenters. The van der Waals surface area contributed by atoms with Gasteiger partial charge in [0, 0.05) is 19.6 Å². The molecule has 1 N–H and O–H groups in total. The number of rotatable bonds is 1. The number of likely N-dealkylation sites (N-methyl/N-ethyl adjacent to an activating group) is 1. The highest BCUT2D eigenvalue weighted by Crippen LogP contribution is 2.25. The number of nitrogens with zero attached hydrogens (tertiary/aromatic N) is 1. The number of halogens is 3. The van der Waals surface area contributed by atoms with Crippen molar-refractivity contribution in [1.29, 1.82) is 0 Å². The minimum atomic E-state index is -4.09. The van der Waals surface area contributed by atoms with Crippen LogP contribution in [-0.4, -0.2) is 43.3 Å². The van der Waals surface area contributed by atoms with Crippen molar-refractivity contribution in [3.63, 3.8) is 0 Å². The van der Waals surface area contributed by atoms with Crippen LogP contribution in [0.1, 0.15) is 6.92 Å². The summed E-state index contributed by atoms with van der Waals surface area (Å²) < 4.78 is 36.9. The molecule has 0 aliphatic carbocycles. The number of nitrogens with one attached hydrogen (secondary N) is 1. The lowest BCUT2D eigenvalue weighted by molar-refractivity contribution is -0.186. The summed E-state index contributed by atoms with van der Waals surface area (Å²) in [4.78, 5) is 1.45. The molecule has 1 rings (SSSR count). The molecule has 0 amide bonds. The number of hydrogen-bond acceptors (Lipinski definition) is 2. The van der Waals surface area contributed by atoms with Crippen LogP contribution in [0.5, 0.6) is 0 Å². The van der Waals surface area contributed by atoms with Crippen LogP contribution in [0.25, 0.3) is 0 Å². The molecule has 1 saturated heterocycles. The Morgan fingerprint density at radius 2 is 2.17 bits per heavy atom. The summed E-state index contributed by atoms with van der Waals surface area (Å²) >= 11 is 0. The lowest BCUT2D eigenvalue weighted by Crippen LogP contribution is -2.57. The van der Waals surface area contributed by atoms with Gasteiger partial charge in [-0.1, -0.05) is 6.92 Å².